The fourth-order valence-corrected chi connectivity index (χ4v) is 1.71. The van der Waals surface area contributed by atoms with E-state index in [4.69, 9.17) is 0 Å². The molecule has 2 rings (SSSR count). The molecule has 0 aromatic carbocycles. The van der Waals surface area contributed by atoms with Gasteiger partial charge in [0.15, 0.2) is 0 Å². The summed E-state index contributed by atoms with van der Waals surface area (Å²) in [6.45, 7) is 7.73. The van der Waals surface area contributed by atoms with E-state index in [-0.39, 0.29) is 6.61 Å². The highest BCUT2D eigenvalue weighted by Crippen LogP contribution is 2.23. The van der Waals surface area contributed by atoms with Gasteiger partial charge in [0.1, 0.15) is 17.3 Å². The van der Waals surface area contributed by atoms with E-state index in [9.17, 15) is 5.11 Å². The second-order valence-corrected chi connectivity index (χ2v) is 5.00. The Morgan fingerprint density at radius 1 is 1.35 bits per heavy atom. The van der Waals surface area contributed by atoms with Crippen molar-refractivity contribution in [3.05, 3.63) is 17.6 Å². The lowest BCUT2D eigenvalue weighted by atomic mass is 10.1. The molecule has 0 atom stereocenters. The van der Waals surface area contributed by atoms with Crippen LogP contribution >= 0.6 is 0 Å². The lowest BCUT2D eigenvalue weighted by Gasteiger charge is -2.24. The van der Waals surface area contributed by atoms with Crippen LogP contribution in [0.25, 0.3) is 11.0 Å². The lowest BCUT2D eigenvalue weighted by molar-refractivity contribution is 0.234. The van der Waals surface area contributed by atoms with Gasteiger partial charge in [-0.3, -0.25) is 0 Å². The molecule has 5 nitrogen and oxygen atoms in total. The summed E-state index contributed by atoms with van der Waals surface area (Å²) in [5.74, 6) is 1.46. The number of H-pyrrole nitrogens is 1. The summed E-state index contributed by atoms with van der Waals surface area (Å²) in [7, 11) is 0. The molecule has 92 valence electrons. The molecule has 2 aromatic rings. The van der Waals surface area contributed by atoms with E-state index in [0.717, 1.165) is 22.5 Å². The standard InChI is InChI=1S/C12H18N4O/c1-7-5-9-10(13-7)14-8(2)15-11(9)16-12(3,4)6-17/h5,17H,6H2,1-4H3,(H2,13,14,15,16). The van der Waals surface area contributed by atoms with Gasteiger partial charge in [-0.05, 0) is 33.8 Å². The maximum Gasteiger partial charge on any atom is 0.143 e. The number of aliphatic hydroxyl groups is 1. The van der Waals surface area contributed by atoms with Crippen molar-refractivity contribution in [2.75, 3.05) is 11.9 Å². The highest BCUT2D eigenvalue weighted by molar-refractivity contribution is 5.88. The van der Waals surface area contributed by atoms with E-state index in [2.05, 4.69) is 20.3 Å². The number of aromatic nitrogens is 3. The zero-order valence-electron chi connectivity index (χ0n) is 10.6. The average Bonchev–Trinajstić information content (AvgIpc) is 2.58. The van der Waals surface area contributed by atoms with Gasteiger partial charge < -0.3 is 15.4 Å². The zero-order valence-corrected chi connectivity index (χ0v) is 10.6. The normalized spacial score (nSPS) is 12.1. The van der Waals surface area contributed by atoms with Gasteiger partial charge in [0.05, 0.1) is 17.5 Å². The van der Waals surface area contributed by atoms with Crippen LogP contribution in [0.2, 0.25) is 0 Å². The van der Waals surface area contributed by atoms with Crippen LogP contribution in [0.3, 0.4) is 0 Å². The van der Waals surface area contributed by atoms with Gasteiger partial charge >= 0.3 is 0 Å². The van der Waals surface area contributed by atoms with Crippen LogP contribution < -0.4 is 5.32 Å². The third kappa shape index (κ3) is 2.39. The Bertz CT molecular complexity index is 545. The maximum absolute atomic E-state index is 9.29. The third-order valence-corrected chi connectivity index (χ3v) is 2.59. The fraction of sp³-hybridized carbons (Fsp3) is 0.500. The number of hydrogen-bond acceptors (Lipinski definition) is 4. The van der Waals surface area contributed by atoms with E-state index >= 15 is 0 Å². The van der Waals surface area contributed by atoms with Crippen molar-refractivity contribution in [3.63, 3.8) is 0 Å². The molecule has 2 heterocycles. The summed E-state index contributed by atoms with van der Waals surface area (Å²) in [6, 6.07) is 2.00. The van der Waals surface area contributed by atoms with Crippen LogP contribution in [0.4, 0.5) is 5.82 Å². The summed E-state index contributed by atoms with van der Waals surface area (Å²) in [5.41, 5.74) is 1.47. The minimum Gasteiger partial charge on any atom is -0.394 e. The van der Waals surface area contributed by atoms with Crippen LogP contribution in [-0.4, -0.2) is 32.2 Å². The number of anilines is 1. The molecule has 0 aliphatic carbocycles. The van der Waals surface area contributed by atoms with Gasteiger partial charge in [0.2, 0.25) is 0 Å². The molecule has 0 aliphatic heterocycles. The fourth-order valence-electron chi connectivity index (χ4n) is 1.71. The first-order valence-electron chi connectivity index (χ1n) is 5.64. The van der Waals surface area contributed by atoms with Crippen molar-refractivity contribution in [1.29, 1.82) is 0 Å². The molecule has 0 amide bonds. The van der Waals surface area contributed by atoms with Gasteiger partial charge in [-0.25, -0.2) is 9.97 Å². The number of aryl methyl sites for hydroxylation is 2. The van der Waals surface area contributed by atoms with Gasteiger partial charge in [-0.1, -0.05) is 0 Å². The van der Waals surface area contributed by atoms with Gasteiger partial charge in [0.25, 0.3) is 0 Å². The van der Waals surface area contributed by atoms with E-state index in [1.54, 1.807) is 0 Å². The molecule has 0 unspecified atom stereocenters. The monoisotopic (exact) mass is 234 g/mol. The molecule has 0 saturated heterocycles. The molecule has 0 bridgehead atoms. The molecule has 0 spiro atoms. The predicted molar refractivity (Wildman–Crippen MR) is 68.2 cm³/mol. The van der Waals surface area contributed by atoms with E-state index in [1.807, 2.05) is 33.8 Å². The Labute approximate surface area is 100 Å². The minimum atomic E-state index is -0.404. The summed E-state index contributed by atoms with van der Waals surface area (Å²) in [5, 5.41) is 13.5. The number of nitrogens with one attached hydrogen (secondary N) is 2. The summed E-state index contributed by atoms with van der Waals surface area (Å²) < 4.78 is 0. The minimum absolute atomic E-state index is 0.0426. The SMILES string of the molecule is Cc1nc(NC(C)(C)CO)c2cc(C)[nH]c2n1. The largest absolute Gasteiger partial charge is 0.394 e. The first kappa shape index (κ1) is 11.9. The van der Waals surface area contributed by atoms with Crippen molar-refractivity contribution < 1.29 is 5.11 Å². The Hall–Kier alpha value is -1.62. The van der Waals surface area contributed by atoms with Crippen LogP contribution in [0.1, 0.15) is 25.4 Å². The number of aliphatic hydroxyl groups excluding tert-OH is 1. The van der Waals surface area contributed by atoms with Crippen LogP contribution in [0.15, 0.2) is 6.07 Å². The topological polar surface area (TPSA) is 73.8 Å². The zero-order chi connectivity index (χ0) is 12.6. The van der Waals surface area contributed by atoms with Gasteiger partial charge in [0, 0.05) is 5.69 Å². The molecule has 3 N–H and O–H groups in total. The predicted octanol–water partition coefficient (Wildman–Crippen LogP) is 1.76. The molecule has 2 aromatic heterocycles. The number of fused-ring (bicyclic) bond motifs is 1. The molecular formula is C12H18N4O. The summed E-state index contributed by atoms with van der Waals surface area (Å²) >= 11 is 0. The first-order chi connectivity index (χ1) is 7.91. The highest BCUT2D eigenvalue weighted by atomic mass is 16.3. The Morgan fingerprint density at radius 2 is 2.06 bits per heavy atom. The third-order valence-electron chi connectivity index (χ3n) is 2.59. The number of hydrogen-bond donors (Lipinski definition) is 3. The van der Waals surface area contributed by atoms with Crippen LogP contribution in [-0.2, 0) is 0 Å². The van der Waals surface area contributed by atoms with E-state index in [1.165, 1.54) is 0 Å². The Kier molecular flexibility index (Phi) is 2.79. The Balaban J connectivity index is 2.52. The lowest BCUT2D eigenvalue weighted by Crippen LogP contribution is -2.35. The van der Waals surface area contributed by atoms with Crippen LogP contribution in [0, 0.1) is 13.8 Å². The Morgan fingerprint density at radius 3 is 2.71 bits per heavy atom. The van der Waals surface area contributed by atoms with Gasteiger partial charge in [-0.15, -0.1) is 0 Å². The molecule has 5 heteroatoms. The molecular weight excluding hydrogens is 216 g/mol. The maximum atomic E-state index is 9.29. The molecule has 0 radical (unpaired) electrons. The second-order valence-electron chi connectivity index (χ2n) is 5.00. The summed E-state index contributed by atoms with van der Waals surface area (Å²) in [6.07, 6.45) is 0. The second kappa shape index (κ2) is 4.00. The first-order valence-corrected chi connectivity index (χ1v) is 5.64. The average molecular weight is 234 g/mol. The molecule has 17 heavy (non-hydrogen) atoms. The van der Waals surface area contributed by atoms with E-state index < -0.39 is 5.54 Å². The number of nitrogens with zero attached hydrogens (tertiary/aromatic N) is 2. The van der Waals surface area contributed by atoms with E-state index in [0.29, 0.717) is 5.82 Å². The smallest absolute Gasteiger partial charge is 0.143 e. The molecule has 0 saturated carbocycles. The van der Waals surface area contributed by atoms with Crippen molar-refractivity contribution in [2.24, 2.45) is 0 Å². The van der Waals surface area contributed by atoms with Crippen molar-refractivity contribution in [1.82, 2.24) is 15.0 Å². The van der Waals surface area contributed by atoms with Crippen LogP contribution in [0.5, 0.6) is 0 Å². The number of rotatable bonds is 3. The van der Waals surface area contributed by atoms with Crippen molar-refractivity contribution >= 4 is 16.9 Å². The number of aromatic amines is 1. The quantitative estimate of drug-likeness (QED) is 0.756. The van der Waals surface area contributed by atoms with Crippen molar-refractivity contribution in [3.8, 4) is 0 Å². The van der Waals surface area contributed by atoms with Gasteiger partial charge in [-0.2, -0.15) is 0 Å². The molecule has 0 fully saturated rings. The summed E-state index contributed by atoms with van der Waals surface area (Å²) in [4.78, 5) is 11.9. The molecule has 0 aliphatic rings. The van der Waals surface area contributed by atoms with Crippen molar-refractivity contribution in [2.45, 2.75) is 33.2 Å². The highest BCUT2D eigenvalue weighted by Gasteiger charge is 2.19.